The number of aliphatic hydroxyl groups excluding tert-OH is 1. The Kier molecular flexibility index (Phi) is 10.9. The highest BCUT2D eigenvalue weighted by Crippen LogP contribution is 2.27. The second-order valence-electron chi connectivity index (χ2n) is 5.57. The van der Waals surface area contributed by atoms with Gasteiger partial charge in [-0.2, -0.15) is 0 Å². The maximum Gasteiger partial charge on any atom is 0.191 e. The van der Waals surface area contributed by atoms with Gasteiger partial charge in [-0.15, -0.1) is 24.0 Å². The number of nitrogens with zero attached hydrogens (tertiary/aromatic N) is 1. The van der Waals surface area contributed by atoms with E-state index in [2.05, 4.69) is 64.2 Å². The van der Waals surface area contributed by atoms with Crippen molar-refractivity contribution in [2.45, 2.75) is 19.3 Å². The van der Waals surface area contributed by atoms with Crippen molar-refractivity contribution in [3.8, 4) is 0 Å². The van der Waals surface area contributed by atoms with E-state index in [0.29, 0.717) is 12.5 Å². The van der Waals surface area contributed by atoms with Crippen LogP contribution in [0.15, 0.2) is 65.7 Å². The number of hydrogen-bond acceptors (Lipinski definition) is 2. The van der Waals surface area contributed by atoms with Crippen molar-refractivity contribution in [2.75, 3.05) is 26.2 Å². The molecule has 0 radical (unpaired) electrons. The molecule has 2 rings (SSSR count). The van der Waals surface area contributed by atoms with Gasteiger partial charge in [-0.3, -0.25) is 4.99 Å². The lowest BCUT2D eigenvalue weighted by Gasteiger charge is -2.18. The number of halogens is 1. The van der Waals surface area contributed by atoms with E-state index in [0.717, 1.165) is 25.5 Å². The lowest BCUT2D eigenvalue weighted by Crippen LogP contribution is -2.38. The van der Waals surface area contributed by atoms with Gasteiger partial charge >= 0.3 is 0 Å². The Morgan fingerprint density at radius 2 is 1.52 bits per heavy atom. The molecule has 0 spiro atoms. The summed E-state index contributed by atoms with van der Waals surface area (Å²) in [6.45, 7) is 4.16. The van der Waals surface area contributed by atoms with Crippen LogP contribution in [-0.4, -0.2) is 37.3 Å². The molecule has 0 bridgehead atoms. The molecular formula is C20H28IN3O. The van der Waals surface area contributed by atoms with E-state index in [4.69, 9.17) is 5.11 Å². The molecule has 5 heteroatoms. The SMILES string of the molecule is CCNC(=NCCC(c1ccccc1)c1ccccc1)NCCO.I. The standard InChI is InChI=1S/C20H27N3O.HI/c1-2-21-20(23-15-16-24)22-14-13-19(17-9-5-3-6-10-17)18-11-7-4-8-12-18;/h3-12,19,24H,2,13-16H2,1H3,(H2,21,22,23);1H. The van der Waals surface area contributed by atoms with Gasteiger partial charge in [0, 0.05) is 25.6 Å². The van der Waals surface area contributed by atoms with Gasteiger partial charge in [0.2, 0.25) is 0 Å². The van der Waals surface area contributed by atoms with Crippen molar-refractivity contribution in [3.05, 3.63) is 71.8 Å². The summed E-state index contributed by atoms with van der Waals surface area (Å²) < 4.78 is 0. The molecule has 0 saturated carbocycles. The highest BCUT2D eigenvalue weighted by molar-refractivity contribution is 14.0. The van der Waals surface area contributed by atoms with Gasteiger partial charge in [0.25, 0.3) is 0 Å². The number of nitrogens with one attached hydrogen (secondary N) is 2. The average Bonchev–Trinajstić information content (AvgIpc) is 2.64. The quantitative estimate of drug-likeness (QED) is 0.327. The zero-order valence-corrected chi connectivity index (χ0v) is 17.0. The van der Waals surface area contributed by atoms with Gasteiger partial charge in [0.15, 0.2) is 5.96 Å². The zero-order chi connectivity index (χ0) is 17.0. The van der Waals surface area contributed by atoms with Crippen molar-refractivity contribution in [1.82, 2.24) is 10.6 Å². The smallest absolute Gasteiger partial charge is 0.191 e. The number of benzene rings is 2. The van der Waals surface area contributed by atoms with Crippen LogP contribution in [0.25, 0.3) is 0 Å². The first-order chi connectivity index (χ1) is 11.8. The average molecular weight is 453 g/mol. The van der Waals surface area contributed by atoms with E-state index < -0.39 is 0 Å². The largest absolute Gasteiger partial charge is 0.395 e. The normalized spacial score (nSPS) is 11.1. The van der Waals surface area contributed by atoms with Crippen LogP contribution in [0.2, 0.25) is 0 Å². The fraction of sp³-hybridized carbons (Fsp3) is 0.350. The minimum Gasteiger partial charge on any atom is -0.395 e. The Labute approximate surface area is 167 Å². The molecule has 0 saturated heterocycles. The van der Waals surface area contributed by atoms with Crippen LogP contribution in [0.3, 0.4) is 0 Å². The lowest BCUT2D eigenvalue weighted by atomic mass is 9.89. The number of aliphatic imine (C=N–C) groups is 1. The fourth-order valence-corrected chi connectivity index (χ4v) is 2.72. The van der Waals surface area contributed by atoms with Crippen molar-refractivity contribution in [2.24, 2.45) is 4.99 Å². The molecule has 0 amide bonds. The Balaban J connectivity index is 0.00000312. The second kappa shape index (κ2) is 12.7. The van der Waals surface area contributed by atoms with Crippen LogP contribution in [0, 0.1) is 0 Å². The third-order valence-corrected chi connectivity index (χ3v) is 3.84. The van der Waals surface area contributed by atoms with Crippen molar-refractivity contribution >= 4 is 29.9 Å². The van der Waals surface area contributed by atoms with Crippen LogP contribution >= 0.6 is 24.0 Å². The van der Waals surface area contributed by atoms with Crippen molar-refractivity contribution < 1.29 is 5.11 Å². The molecule has 136 valence electrons. The molecule has 2 aromatic rings. The fourth-order valence-electron chi connectivity index (χ4n) is 2.72. The monoisotopic (exact) mass is 453 g/mol. The summed E-state index contributed by atoms with van der Waals surface area (Å²) >= 11 is 0. The van der Waals surface area contributed by atoms with Gasteiger partial charge in [0.05, 0.1) is 6.61 Å². The Morgan fingerprint density at radius 1 is 0.960 bits per heavy atom. The molecule has 2 aromatic carbocycles. The Morgan fingerprint density at radius 3 is 2.00 bits per heavy atom. The molecule has 0 aliphatic heterocycles. The second-order valence-corrected chi connectivity index (χ2v) is 5.57. The van der Waals surface area contributed by atoms with Crippen LogP contribution in [0.5, 0.6) is 0 Å². The molecular weight excluding hydrogens is 425 g/mol. The van der Waals surface area contributed by atoms with Crippen LogP contribution in [0.1, 0.15) is 30.4 Å². The van der Waals surface area contributed by atoms with Gasteiger partial charge in [-0.05, 0) is 24.5 Å². The summed E-state index contributed by atoms with van der Waals surface area (Å²) in [5, 5.41) is 15.3. The summed E-state index contributed by atoms with van der Waals surface area (Å²) in [6.07, 6.45) is 0.934. The summed E-state index contributed by atoms with van der Waals surface area (Å²) in [6, 6.07) is 21.1. The first kappa shape index (κ1) is 21.4. The molecule has 0 fully saturated rings. The maximum absolute atomic E-state index is 8.95. The predicted molar refractivity (Wildman–Crippen MR) is 116 cm³/mol. The van der Waals surface area contributed by atoms with Crippen LogP contribution < -0.4 is 10.6 Å². The highest BCUT2D eigenvalue weighted by Gasteiger charge is 2.13. The van der Waals surface area contributed by atoms with E-state index in [-0.39, 0.29) is 30.6 Å². The molecule has 4 nitrogen and oxygen atoms in total. The third-order valence-electron chi connectivity index (χ3n) is 3.84. The summed E-state index contributed by atoms with van der Waals surface area (Å²) in [4.78, 5) is 4.63. The Bertz CT molecular complexity index is 565. The molecule has 0 atom stereocenters. The predicted octanol–water partition coefficient (Wildman–Crippen LogP) is 3.37. The van der Waals surface area contributed by atoms with E-state index in [1.165, 1.54) is 11.1 Å². The van der Waals surface area contributed by atoms with Gasteiger partial charge < -0.3 is 15.7 Å². The van der Waals surface area contributed by atoms with Gasteiger partial charge in [-0.1, -0.05) is 60.7 Å². The molecule has 0 heterocycles. The van der Waals surface area contributed by atoms with E-state index in [1.807, 2.05) is 19.1 Å². The third kappa shape index (κ3) is 7.44. The first-order valence-corrected chi connectivity index (χ1v) is 8.58. The summed E-state index contributed by atoms with van der Waals surface area (Å²) in [7, 11) is 0. The van der Waals surface area contributed by atoms with Crippen LogP contribution in [0.4, 0.5) is 0 Å². The first-order valence-electron chi connectivity index (χ1n) is 8.58. The molecule has 0 aromatic heterocycles. The molecule has 0 aliphatic rings. The molecule has 0 unspecified atom stereocenters. The lowest BCUT2D eigenvalue weighted by molar-refractivity contribution is 0.300. The van der Waals surface area contributed by atoms with E-state index in [1.54, 1.807) is 0 Å². The highest BCUT2D eigenvalue weighted by atomic mass is 127. The summed E-state index contributed by atoms with van der Waals surface area (Å²) in [5.41, 5.74) is 2.62. The topological polar surface area (TPSA) is 56.7 Å². The van der Waals surface area contributed by atoms with E-state index in [9.17, 15) is 0 Å². The van der Waals surface area contributed by atoms with Gasteiger partial charge in [-0.25, -0.2) is 0 Å². The minimum atomic E-state index is 0. The zero-order valence-electron chi connectivity index (χ0n) is 14.7. The number of aliphatic hydroxyl groups is 1. The summed E-state index contributed by atoms with van der Waals surface area (Å²) in [5.74, 6) is 1.09. The molecule has 3 N–H and O–H groups in total. The number of rotatable bonds is 8. The van der Waals surface area contributed by atoms with Crippen molar-refractivity contribution in [1.29, 1.82) is 0 Å². The molecule has 25 heavy (non-hydrogen) atoms. The van der Waals surface area contributed by atoms with Crippen LogP contribution in [-0.2, 0) is 0 Å². The van der Waals surface area contributed by atoms with Gasteiger partial charge in [0.1, 0.15) is 0 Å². The van der Waals surface area contributed by atoms with Crippen molar-refractivity contribution in [3.63, 3.8) is 0 Å². The number of hydrogen-bond donors (Lipinski definition) is 3. The minimum absolute atomic E-state index is 0. The van der Waals surface area contributed by atoms with E-state index >= 15 is 0 Å². The Hall–Kier alpha value is -1.60. The maximum atomic E-state index is 8.95. The number of guanidine groups is 1. The molecule has 0 aliphatic carbocycles.